The summed E-state index contributed by atoms with van der Waals surface area (Å²) in [5.74, 6) is -0.848. The van der Waals surface area contributed by atoms with Crippen LogP contribution < -0.4 is 10.2 Å². The first-order valence-corrected chi connectivity index (χ1v) is 11.9. The van der Waals surface area contributed by atoms with Crippen LogP contribution in [0.2, 0.25) is 10.0 Å². The van der Waals surface area contributed by atoms with Crippen molar-refractivity contribution < 1.29 is 19.1 Å². The first-order chi connectivity index (χ1) is 16.2. The average Bonchev–Trinajstić information content (AvgIpc) is 3.53. The molecule has 34 heavy (non-hydrogen) atoms. The molecule has 4 heterocycles. The zero-order valence-corrected chi connectivity index (χ0v) is 21.2. The van der Waals surface area contributed by atoms with Crippen molar-refractivity contribution in [3.05, 3.63) is 32.5 Å². The van der Waals surface area contributed by atoms with E-state index in [2.05, 4.69) is 25.6 Å². The van der Waals surface area contributed by atoms with E-state index in [1.807, 2.05) is 4.90 Å². The molecule has 0 aromatic carbocycles. The number of ether oxygens (including phenoxy) is 2. The third-order valence-electron chi connectivity index (χ3n) is 5.56. The van der Waals surface area contributed by atoms with Gasteiger partial charge in [0.25, 0.3) is 5.91 Å². The lowest BCUT2D eigenvalue weighted by atomic mass is 10.0. The topological polar surface area (TPSA) is 127 Å². The number of esters is 1. The molecule has 2 N–H and O–H groups in total. The zero-order chi connectivity index (χ0) is 24.6. The number of H-pyrrole nitrogens is 1. The van der Waals surface area contributed by atoms with E-state index in [1.54, 1.807) is 27.3 Å². The highest BCUT2D eigenvalue weighted by Crippen LogP contribution is 2.34. The van der Waals surface area contributed by atoms with E-state index < -0.39 is 5.97 Å². The Hall–Kier alpha value is -2.67. The van der Waals surface area contributed by atoms with Crippen molar-refractivity contribution in [3.63, 3.8) is 0 Å². The molecule has 1 aliphatic rings. The van der Waals surface area contributed by atoms with Crippen LogP contribution >= 0.6 is 34.5 Å². The normalized spacial score (nSPS) is 18.2. The second kappa shape index (κ2) is 9.90. The highest BCUT2D eigenvalue weighted by atomic mass is 35.5. The van der Waals surface area contributed by atoms with Crippen LogP contribution in [0, 0.1) is 6.92 Å². The number of carbonyl (C=O) groups is 2. The molecular weight excluding hydrogens is 505 g/mol. The van der Waals surface area contributed by atoms with Crippen molar-refractivity contribution in [2.24, 2.45) is 7.05 Å². The van der Waals surface area contributed by atoms with Crippen molar-refractivity contribution in [2.75, 3.05) is 32.2 Å². The summed E-state index contributed by atoms with van der Waals surface area (Å²) in [5.41, 5.74) is 1.74. The van der Waals surface area contributed by atoms with Gasteiger partial charge in [0.2, 0.25) is 0 Å². The van der Waals surface area contributed by atoms with Crippen LogP contribution in [0.25, 0.3) is 11.4 Å². The van der Waals surface area contributed by atoms with E-state index in [-0.39, 0.29) is 28.8 Å². The predicted octanol–water partition coefficient (Wildman–Crippen LogP) is 2.69. The van der Waals surface area contributed by atoms with Gasteiger partial charge in [0.15, 0.2) is 5.13 Å². The van der Waals surface area contributed by atoms with Crippen LogP contribution in [-0.4, -0.2) is 76.3 Å². The minimum Gasteiger partial charge on any atom is -0.465 e. The van der Waals surface area contributed by atoms with E-state index in [9.17, 15) is 9.59 Å². The Kier molecular flexibility index (Phi) is 7.12. The minimum absolute atomic E-state index is 0.192. The lowest BCUT2D eigenvalue weighted by Crippen LogP contribution is -2.55. The number of rotatable bonds is 6. The van der Waals surface area contributed by atoms with Gasteiger partial charge in [-0.25, -0.2) is 9.78 Å². The molecule has 1 fully saturated rings. The molecule has 3 aromatic rings. The molecule has 0 aliphatic carbocycles. The predicted molar refractivity (Wildman–Crippen MR) is 128 cm³/mol. The molecule has 0 saturated carbocycles. The summed E-state index contributed by atoms with van der Waals surface area (Å²) in [4.78, 5) is 35.1. The number of thiazole rings is 1. The summed E-state index contributed by atoms with van der Waals surface area (Å²) in [6.07, 6.45) is 1.95. The minimum atomic E-state index is -0.494. The fourth-order valence-electron chi connectivity index (χ4n) is 3.77. The van der Waals surface area contributed by atoms with Gasteiger partial charge in [-0.3, -0.25) is 9.48 Å². The summed E-state index contributed by atoms with van der Waals surface area (Å²) in [6, 6.07) is -0.258. The van der Waals surface area contributed by atoms with Gasteiger partial charge in [-0.15, -0.1) is 5.10 Å². The largest absolute Gasteiger partial charge is 0.465 e. The van der Waals surface area contributed by atoms with E-state index in [4.69, 9.17) is 32.7 Å². The number of hydrogen-bond acceptors (Lipinski definition) is 9. The van der Waals surface area contributed by atoms with Crippen molar-refractivity contribution in [2.45, 2.75) is 25.5 Å². The summed E-state index contributed by atoms with van der Waals surface area (Å²) in [7, 11) is 4.64. The third-order valence-corrected chi connectivity index (χ3v) is 7.61. The number of aromatic nitrogens is 5. The Bertz CT molecular complexity index is 1220. The second-order valence-corrected chi connectivity index (χ2v) is 9.52. The van der Waals surface area contributed by atoms with E-state index in [1.165, 1.54) is 23.1 Å². The summed E-state index contributed by atoms with van der Waals surface area (Å²) < 4.78 is 12.1. The number of aryl methyl sites for hydroxylation is 2. The molecular formula is C20H23Cl2N7O4S. The van der Waals surface area contributed by atoms with Crippen molar-refractivity contribution in [3.8, 4) is 11.4 Å². The lowest BCUT2D eigenvalue weighted by Gasteiger charge is -2.37. The van der Waals surface area contributed by atoms with Crippen molar-refractivity contribution in [1.29, 1.82) is 0 Å². The maximum absolute atomic E-state index is 12.8. The molecule has 1 aliphatic heterocycles. The number of aromatic amines is 1. The standard InChI is InChI=1S/C20H23Cl2N7O4S/c1-9-13(21)14(22)16(23-9)18(30)24-10-5-6-29(8-12(10)32-3)20-25-15(11-7-28(2)27-26-11)17(34-20)19(31)33-4/h7,10,12,23H,5-6,8H2,1-4H3,(H,24,30)/t10-,12+/m1/s1. The van der Waals surface area contributed by atoms with E-state index >= 15 is 0 Å². The molecule has 0 bridgehead atoms. The van der Waals surface area contributed by atoms with Crippen LogP contribution in [0.4, 0.5) is 5.13 Å². The fraction of sp³-hybridized carbons (Fsp3) is 0.450. The maximum Gasteiger partial charge on any atom is 0.350 e. The maximum atomic E-state index is 12.8. The Morgan fingerprint density at radius 2 is 2.06 bits per heavy atom. The first-order valence-electron chi connectivity index (χ1n) is 10.3. The van der Waals surface area contributed by atoms with Crippen LogP contribution in [0.3, 0.4) is 0 Å². The quantitative estimate of drug-likeness (QED) is 0.468. The van der Waals surface area contributed by atoms with Gasteiger partial charge >= 0.3 is 5.97 Å². The van der Waals surface area contributed by atoms with Crippen molar-refractivity contribution >= 4 is 51.5 Å². The van der Waals surface area contributed by atoms with Crippen LogP contribution in [0.1, 0.15) is 32.3 Å². The molecule has 1 saturated heterocycles. The van der Waals surface area contributed by atoms with Gasteiger partial charge in [-0.2, -0.15) is 0 Å². The number of piperidine rings is 1. The molecule has 3 aromatic heterocycles. The van der Waals surface area contributed by atoms with Crippen LogP contribution in [0.5, 0.6) is 0 Å². The summed E-state index contributed by atoms with van der Waals surface area (Å²) >= 11 is 13.5. The fourth-order valence-corrected chi connectivity index (χ4v) is 5.21. The Balaban J connectivity index is 1.52. The molecule has 0 radical (unpaired) electrons. The number of anilines is 1. The second-order valence-electron chi connectivity index (χ2n) is 7.78. The average molecular weight is 528 g/mol. The SMILES string of the molecule is COC(=O)c1sc(N2CC[C@@H](NC(=O)c3[nH]c(C)c(Cl)c3Cl)[C@@H](OC)C2)nc1-c1cn(C)nn1. The molecule has 0 unspecified atom stereocenters. The molecule has 0 spiro atoms. The zero-order valence-electron chi connectivity index (χ0n) is 18.9. The molecule has 11 nitrogen and oxygen atoms in total. The van der Waals surface area contributed by atoms with Crippen molar-refractivity contribution in [1.82, 2.24) is 30.3 Å². The first kappa shape index (κ1) is 24.5. The van der Waals surface area contributed by atoms with E-state index in [0.29, 0.717) is 51.6 Å². The van der Waals surface area contributed by atoms with Gasteiger partial charge in [-0.05, 0) is 13.3 Å². The van der Waals surface area contributed by atoms with Gasteiger partial charge < -0.3 is 24.7 Å². The van der Waals surface area contributed by atoms with E-state index in [0.717, 1.165) is 0 Å². The molecule has 14 heteroatoms. The van der Waals surface area contributed by atoms with Gasteiger partial charge in [0, 0.05) is 32.9 Å². The highest BCUT2D eigenvalue weighted by Gasteiger charge is 2.34. The van der Waals surface area contributed by atoms with Gasteiger partial charge in [0.1, 0.15) is 22.0 Å². The lowest BCUT2D eigenvalue weighted by molar-refractivity contribution is 0.0540. The monoisotopic (exact) mass is 527 g/mol. The highest BCUT2D eigenvalue weighted by molar-refractivity contribution is 7.17. The number of halogens is 2. The number of hydrogen-bond donors (Lipinski definition) is 2. The number of nitrogens with one attached hydrogen (secondary N) is 2. The number of carbonyl (C=O) groups excluding carboxylic acids is 2. The number of amides is 1. The van der Waals surface area contributed by atoms with Crippen LogP contribution in [-0.2, 0) is 16.5 Å². The molecule has 1 amide bonds. The summed E-state index contributed by atoms with van der Waals surface area (Å²) in [6.45, 7) is 2.78. The molecule has 182 valence electrons. The van der Waals surface area contributed by atoms with Gasteiger partial charge in [0.05, 0.1) is 35.5 Å². The summed E-state index contributed by atoms with van der Waals surface area (Å²) in [5, 5.41) is 12.1. The smallest absolute Gasteiger partial charge is 0.350 e. The molecule has 2 atom stereocenters. The van der Waals surface area contributed by atoms with Crippen LogP contribution in [0.15, 0.2) is 6.20 Å². The number of methoxy groups -OCH3 is 2. The molecule has 4 rings (SSSR count). The Labute approximate surface area is 209 Å². The third kappa shape index (κ3) is 4.63. The Morgan fingerprint density at radius 1 is 1.29 bits per heavy atom. The van der Waals surface area contributed by atoms with Gasteiger partial charge in [-0.1, -0.05) is 39.8 Å². The Morgan fingerprint density at radius 3 is 2.65 bits per heavy atom. The number of nitrogens with zero attached hydrogens (tertiary/aromatic N) is 5.